The van der Waals surface area contributed by atoms with Gasteiger partial charge in [-0.3, -0.25) is 4.90 Å². The molecule has 1 aromatic heterocycles. The molecule has 0 saturated carbocycles. The standard InChI is InChI=1S/C28H33F6N5O/c29-27(30,31)24-16-22(5-4-20(24)17-35)37-21-10-14-39(15-11-21)26(40)3-1-2-19-8-12-38(13-9-19)23-6-7-25(36-18-23)28(32,33)34/h4-7,16,18-19,21,26,37,40H,1-3,8-15H2. The minimum absolute atomic E-state index is 0.0254. The maximum Gasteiger partial charge on any atom is 0.433 e. The summed E-state index contributed by atoms with van der Waals surface area (Å²) >= 11 is 0. The van der Waals surface area contributed by atoms with Crippen LogP contribution in [0.3, 0.4) is 0 Å². The van der Waals surface area contributed by atoms with Crippen LogP contribution in [0.4, 0.5) is 37.7 Å². The molecular formula is C28H33F6N5O. The van der Waals surface area contributed by atoms with Gasteiger partial charge in [0.1, 0.15) is 11.9 Å². The van der Waals surface area contributed by atoms with Gasteiger partial charge in [0.25, 0.3) is 0 Å². The quantitative estimate of drug-likeness (QED) is 0.365. The molecule has 0 amide bonds. The molecule has 4 rings (SSSR count). The summed E-state index contributed by atoms with van der Waals surface area (Å²) in [6.45, 7) is 2.76. The number of piperidine rings is 2. The lowest BCUT2D eigenvalue weighted by Crippen LogP contribution is -2.44. The molecule has 1 unspecified atom stereocenters. The monoisotopic (exact) mass is 569 g/mol. The molecule has 2 aliphatic heterocycles. The number of benzene rings is 1. The van der Waals surface area contributed by atoms with Crippen molar-refractivity contribution in [2.24, 2.45) is 5.92 Å². The molecule has 2 N–H and O–H groups in total. The first kappa shape index (κ1) is 29.9. The lowest BCUT2D eigenvalue weighted by molar-refractivity contribution is -0.141. The summed E-state index contributed by atoms with van der Waals surface area (Å²) in [5.41, 5.74) is -1.23. The average Bonchev–Trinajstić information content (AvgIpc) is 2.93. The Morgan fingerprint density at radius 3 is 2.25 bits per heavy atom. The van der Waals surface area contributed by atoms with E-state index in [0.29, 0.717) is 49.6 Å². The van der Waals surface area contributed by atoms with Gasteiger partial charge >= 0.3 is 12.4 Å². The number of nitriles is 1. The predicted molar refractivity (Wildman–Crippen MR) is 138 cm³/mol. The van der Waals surface area contributed by atoms with Crippen LogP contribution in [0.15, 0.2) is 36.5 Å². The van der Waals surface area contributed by atoms with Crippen LogP contribution in [0.25, 0.3) is 0 Å². The summed E-state index contributed by atoms with van der Waals surface area (Å²) in [5, 5.41) is 22.8. The van der Waals surface area contributed by atoms with Crippen LogP contribution < -0.4 is 10.2 Å². The molecule has 2 fully saturated rings. The van der Waals surface area contributed by atoms with Gasteiger partial charge in [-0.25, -0.2) is 4.98 Å². The molecule has 1 aromatic carbocycles. The number of nitrogens with zero attached hydrogens (tertiary/aromatic N) is 4. The van der Waals surface area contributed by atoms with Crippen molar-refractivity contribution >= 4 is 11.4 Å². The fraction of sp³-hybridized carbons (Fsp3) is 0.571. The van der Waals surface area contributed by atoms with Gasteiger partial charge in [-0.15, -0.1) is 0 Å². The summed E-state index contributed by atoms with van der Waals surface area (Å²) in [6.07, 6.45) is -2.67. The predicted octanol–water partition coefficient (Wildman–Crippen LogP) is 6.27. The van der Waals surface area contributed by atoms with E-state index in [9.17, 15) is 31.4 Å². The number of aromatic nitrogens is 1. The van der Waals surface area contributed by atoms with Crippen molar-refractivity contribution in [3.8, 4) is 6.07 Å². The van der Waals surface area contributed by atoms with Gasteiger partial charge in [-0.1, -0.05) is 6.42 Å². The Balaban J connectivity index is 1.15. The molecular weight excluding hydrogens is 536 g/mol. The van der Waals surface area contributed by atoms with Crippen molar-refractivity contribution in [1.82, 2.24) is 9.88 Å². The zero-order chi connectivity index (χ0) is 28.9. The van der Waals surface area contributed by atoms with Gasteiger partial charge < -0.3 is 15.3 Å². The van der Waals surface area contributed by atoms with E-state index in [1.165, 1.54) is 24.4 Å². The smallest absolute Gasteiger partial charge is 0.382 e. The lowest BCUT2D eigenvalue weighted by atomic mass is 9.91. The Morgan fingerprint density at radius 1 is 0.975 bits per heavy atom. The Bertz CT molecular complexity index is 1150. The first-order valence-corrected chi connectivity index (χ1v) is 13.5. The van der Waals surface area contributed by atoms with Gasteiger partial charge in [0.2, 0.25) is 0 Å². The van der Waals surface area contributed by atoms with Crippen LogP contribution in [0.5, 0.6) is 0 Å². The maximum atomic E-state index is 13.2. The number of alkyl halides is 6. The zero-order valence-electron chi connectivity index (χ0n) is 22.0. The second-order valence-electron chi connectivity index (χ2n) is 10.6. The van der Waals surface area contributed by atoms with E-state index in [0.717, 1.165) is 50.9 Å². The van der Waals surface area contributed by atoms with Crippen molar-refractivity contribution < 1.29 is 31.4 Å². The van der Waals surface area contributed by atoms with Crippen molar-refractivity contribution in [2.45, 2.75) is 69.6 Å². The summed E-state index contributed by atoms with van der Waals surface area (Å²) < 4.78 is 77.9. The van der Waals surface area contributed by atoms with Crippen molar-refractivity contribution in [1.29, 1.82) is 5.26 Å². The van der Waals surface area contributed by atoms with E-state index >= 15 is 0 Å². The summed E-state index contributed by atoms with van der Waals surface area (Å²) in [4.78, 5) is 7.60. The number of halogens is 6. The highest BCUT2D eigenvalue weighted by Gasteiger charge is 2.34. The first-order valence-electron chi connectivity index (χ1n) is 13.5. The summed E-state index contributed by atoms with van der Waals surface area (Å²) in [6, 6.07) is 7.68. The molecule has 0 bridgehead atoms. The highest BCUT2D eigenvalue weighted by molar-refractivity contribution is 5.53. The number of pyridine rings is 1. The van der Waals surface area contributed by atoms with Crippen LogP contribution in [-0.4, -0.2) is 53.4 Å². The number of hydrogen-bond acceptors (Lipinski definition) is 6. The van der Waals surface area contributed by atoms with E-state index in [2.05, 4.69) is 15.2 Å². The normalized spacial score (nSPS) is 18.9. The third kappa shape index (κ3) is 7.79. The number of nitrogens with one attached hydrogen (secondary N) is 1. The molecule has 40 heavy (non-hydrogen) atoms. The van der Waals surface area contributed by atoms with Gasteiger partial charge in [-0.05, 0) is 74.8 Å². The summed E-state index contributed by atoms with van der Waals surface area (Å²) in [7, 11) is 0. The highest BCUT2D eigenvalue weighted by atomic mass is 19.4. The molecule has 0 spiro atoms. The van der Waals surface area contributed by atoms with Gasteiger partial charge in [-0.2, -0.15) is 31.6 Å². The fourth-order valence-corrected chi connectivity index (χ4v) is 5.54. The molecule has 2 aromatic rings. The molecule has 12 heteroatoms. The van der Waals surface area contributed by atoms with E-state index in [4.69, 9.17) is 5.26 Å². The molecule has 2 aliphatic rings. The Kier molecular flexibility index (Phi) is 9.46. The second kappa shape index (κ2) is 12.6. The van der Waals surface area contributed by atoms with Crippen LogP contribution in [0, 0.1) is 17.2 Å². The average molecular weight is 570 g/mol. The second-order valence-corrected chi connectivity index (χ2v) is 10.6. The zero-order valence-corrected chi connectivity index (χ0v) is 22.0. The molecule has 0 radical (unpaired) electrons. The van der Waals surface area contributed by atoms with Crippen LogP contribution >= 0.6 is 0 Å². The van der Waals surface area contributed by atoms with E-state index < -0.39 is 35.4 Å². The SMILES string of the molecule is N#Cc1ccc(NC2CCN(C(O)CCCC3CCN(c4ccc(C(F)(F)F)nc4)CC3)CC2)cc1C(F)(F)F. The molecule has 6 nitrogen and oxygen atoms in total. The van der Waals surface area contributed by atoms with Crippen molar-refractivity contribution in [2.75, 3.05) is 36.4 Å². The third-order valence-corrected chi connectivity index (χ3v) is 7.86. The molecule has 2 saturated heterocycles. The molecule has 3 heterocycles. The first-order chi connectivity index (χ1) is 18.9. The van der Waals surface area contributed by atoms with Crippen LogP contribution in [-0.2, 0) is 12.4 Å². The topological polar surface area (TPSA) is 75.4 Å². The van der Waals surface area contributed by atoms with Crippen molar-refractivity contribution in [3.05, 3.63) is 53.3 Å². The number of rotatable bonds is 8. The van der Waals surface area contributed by atoms with Crippen molar-refractivity contribution in [3.63, 3.8) is 0 Å². The minimum Gasteiger partial charge on any atom is -0.382 e. The Morgan fingerprint density at radius 2 is 1.68 bits per heavy atom. The maximum absolute atomic E-state index is 13.2. The van der Waals surface area contributed by atoms with Crippen LogP contribution in [0.1, 0.15) is 61.8 Å². The largest absolute Gasteiger partial charge is 0.433 e. The van der Waals surface area contributed by atoms with Gasteiger partial charge in [0.15, 0.2) is 0 Å². The fourth-order valence-electron chi connectivity index (χ4n) is 5.54. The lowest BCUT2D eigenvalue weighted by Gasteiger charge is -2.36. The molecule has 218 valence electrons. The highest BCUT2D eigenvalue weighted by Crippen LogP contribution is 2.34. The van der Waals surface area contributed by atoms with Crippen LogP contribution in [0.2, 0.25) is 0 Å². The molecule has 1 atom stereocenters. The number of likely N-dealkylation sites (tertiary alicyclic amines) is 1. The Labute approximate surface area is 229 Å². The minimum atomic E-state index is -4.60. The van der Waals surface area contributed by atoms with Gasteiger partial charge in [0, 0.05) is 37.9 Å². The van der Waals surface area contributed by atoms with E-state index in [1.807, 2.05) is 4.90 Å². The third-order valence-electron chi connectivity index (χ3n) is 7.86. The number of aliphatic hydroxyl groups excluding tert-OH is 1. The van der Waals surface area contributed by atoms with E-state index in [-0.39, 0.29) is 6.04 Å². The number of aliphatic hydroxyl groups is 1. The Hall–Kier alpha value is -3.04. The summed E-state index contributed by atoms with van der Waals surface area (Å²) in [5.74, 6) is 0.495. The number of hydrogen-bond donors (Lipinski definition) is 2. The van der Waals surface area contributed by atoms with Gasteiger partial charge in [0.05, 0.1) is 29.1 Å². The molecule has 0 aliphatic carbocycles. The van der Waals surface area contributed by atoms with E-state index in [1.54, 1.807) is 6.07 Å². The number of anilines is 2.